The molecule has 0 radical (unpaired) electrons. The predicted octanol–water partition coefficient (Wildman–Crippen LogP) is 9.61. The van der Waals surface area contributed by atoms with E-state index >= 15 is 0 Å². The van der Waals surface area contributed by atoms with Gasteiger partial charge in [-0.05, 0) is 92.9 Å². The summed E-state index contributed by atoms with van der Waals surface area (Å²) in [6, 6.07) is 50.2. The molecule has 1 heterocycles. The first-order valence-electron chi connectivity index (χ1n) is 15.2. The fraction of sp³-hybridized carbons (Fsp3) is 0.0732. The number of benzene rings is 6. The topological polar surface area (TPSA) is 41.6 Å². The average Bonchev–Trinajstić information content (AvgIpc) is 3.71. The number of para-hydroxylation sites is 2. The Labute approximate surface area is 256 Å². The third kappa shape index (κ3) is 3.17. The number of aryl methyl sites for hydroxylation is 1. The Morgan fingerprint density at radius 2 is 1.16 bits per heavy atom. The minimum absolute atomic E-state index is 0.480. The fourth-order valence-corrected chi connectivity index (χ4v) is 7.82. The van der Waals surface area contributed by atoms with Gasteiger partial charge in [-0.15, -0.1) is 0 Å². The van der Waals surface area contributed by atoms with E-state index in [1.807, 2.05) is 12.1 Å². The second-order valence-corrected chi connectivity index (χ2v) is 11.7. The van der Waals surface area contributed by atoms with Gasteiger partial charge in [0.05, 0.1) is 28.1 Å². The molecule has 1 aromatic heterocycles. The van der Waals surface area contributed by atoms with Crippen molar-refractivity contribution < 1.29 is 0 Å². The van der Waals surface area contributed by atoms with Crippen LogP contribution in [0.15, 0.2) is 133 Å². The van der Waals surface area contributed by atoms with Crippen molar-refractivity contribution in [3.8, 4) is 50.8 Å². The molecule has 0 amide bonds. The molecule has 3 nitrogen and oxygen atoms in total. The first-order valence-corrected chi connectivity index (χ1v) is 15.2. The summed E-state index contributed by atoms with van der Waals surface area (Å²) in [6.07, 6.45) is 0. The fourth-order valence-electron chi connectivity index (χ4n) is 7.82. The molecule has 2 aliphatic rings. The molecule has 1 spiro atoms. The van der Waals surface area contributed by atoms with E-state index in [-0.39, 0.29) is 0 Å². The summed E-state index contributed by atoms with van der Waals surface area (Å²) in [4.78, 5) is 4.97. The molecule has 0 N–H and O–H groups in total. The minimum atomic E-state index is -0.480. The van der Waals surface area contributed by atoms with Gasteiger partial charge in [-0.3, -0.25) is 0 Å². The van der Waals surface area contributed by atoms with Gasteiger partial charge in [0.1, 0.15) is 5.82 Å². The maximum atomic E-state index is 9.92. The van der Waals surface area contributed by atoms with Crippen LogP contribution in [0, 0.1) is 11.3 Å². The highest BCUT2D eigenvalue weighted by Gasteiger charge is 2.51. The van der Waals surface area contributed by atoms with Crippen molar-refractivity contribution >= 4 is 11.0 Å². The average molecular weight is 562 g/mol. The summed E-state index contributed by atoms with van der Waals surface area (Å²) >= 11 is 0. The van der Waals surface area contributed by atoms with E-state index in [1.54, 1.807) is 0 Å². The number of hydrogen-bond acceptors (Lipinski definition) is 2. The Morgan fingerprint density at radius 3 is 1.86 bits per heavy atom. The second kappa shape index (κ2) is 9.14. The number of rotatable bonds is 3. The molecule has 0 saturated carbocycles. The number of aromatic nitrogens is 2. The van der Waals surface area contributed by atoms with Crippen molar-refractivity contribution in [2.75, 3.05) is 0 Å². The van der Waals surface area contributed by atoms with Gasteiger partial charge in [-0.25, -0.2) is 4.98 Å². The number of fused-ring (bicyclic) bond motifs is 11. The zero-order chi connectivity index (χ0) is 29.4. The predicted molar refractivity (Wildman–Crippen MR) is 177 cm³/mol. The first kappa shape index (κ1) is 24.8. The molecule has 0 aliphatic heterocycles. The highest BCUT2D eigenvalue weighted by molar-refractivity contribution is 5.96. The molecule has 0 bridgehead atoms. The normalized spacial score (nSPS) is 13.4. The first-order chi connectivity index (χ1) is 21.7. The van der Waals surface area contributed by atoms with Crippen LogP contribution >= 0.6 is 0 Å². The Hall–Kier alpha value is -5.72. The van der Waals surface area contributed by atoms with Crippen molar-refractivity contribution in [1.82, 2.24) is 9.55 Å². The van der Waals surface area contributed by atoms with Gasteiger partial charge in [-0.1, -0.05) is 103 Å². The number of nitriles is 1. The third-order valence-electron chi connectivity index (χ3n) is 9.67. The van der Waals surface area contributed by atoms with Gasteiger partial charge >= 0.3 is 0 Å². The number of nitrogens with zero attached hydrogens (tertiary/aromatic N) is 3. The molecule has 0 atom stereocenters. The van der Waals surface area contributed by atoms with Gasteiger partial charge in [0.25, 0.3) is 0 Å². The lowest BCUT2D eigenvalue weighted by Gasteiger charge is -2.30. The molecule has 3 heteroatoms. The molecule has 0 saturated heterocycles. The molecule has 9 rings (SSSR count). The summed E-state index contributed by atoms with van der Waals surface area (Å²) in [5.74, 6) is 0.996. The highest BCUT2D eigenvalue weighted by atomic mass is 15.1. The standard InChI is InChI=1S/C41H27N3/c1-2-44-39-14-8-7-13-38(39)43-40(44)28-18-16-27(17-19-28)29-20-22-33-32-21-15-26(25-42)23-36(32)41(37(33)24-29)34-11-5-3-9-30(34)31-10-4-6-12-35(31)41/h3-24H,2H2,1H3. The monoisotopic (exact) mass is 561 g/mol. The highest BCUT2D eigenvalue weighted by Crippen LogP contribution is 2.63. The van der Waals surface area contributed by atoms with Gasteiger partial charge in [0, 0.05) is 12.1 Å². The van der Waals surface area contributed by atoms with Crippen LogP contribution in [-0.2, 0) is 12.0 Å². The lowest BCUT2D eigenvalue weighted by molar-refractivity contribution is 0.793. The van der Waals surface area contributed by atoms with Crippen LogP contribution in [0.5, 0.6) is 0 Å². The largest absolute Gasteiger partial charge is 0.324 e. The van der Waals surface area contributed by atoms with Crippen LogP contribution in [0.2, 0.25) is 0 Å². The van der Waals surface area contributed by atoms with E-state index in [0.717, 1.165) is 29.0 Å². The maximum Gasteiger partial charge on any atom is 0.141 e. The molecule has 206 valence electrons. The van der Waals surface area contributed by atoms with Crippen LogP contribution in [-0.4, -0.2) is 9.55 Å². The van der Waals surface area contributed by atoms with Crippen LogP contribution < -0.4 is 0 Å². The van der Waals surface area contributed by atoms with Crippen LogP contribution in [0.4, 0.5) is 0 Å². The molecule has 44 heavy (non-hydrogen) atoms. The van der Waals surface area contributed by atoms with Crippen LogP contribution in [0.25, 0.3) is 55.8 Å². The lowest BCUT2D eigenvalue weighted by Crippen LogP contribution is -2.26. The van der Waals surface area contributed by atoms with Gasteiger partial charge in [0.2, 0.25) is 0 Å². The molecule has 6 aromatic carbocycles. The smallest absolute Gasteiger partial charge is 0.141 e. The van der Waals surface area contributed by atoms with E-state index < -0.39 is 5.41 Å². The van der Waals surface area contributed by atoms with E-state index in [1.165, 1.54) is 55.6 Å². The SMILES string of the molecule is CCn1c(-c2ccc(-c3ccc4c(c3)C3(c5ccccc5-c5ccccc53)c3cc(C#N)ccc3-4)cc2)nc2ccccc21. The van der Waals surface area contributed by atoms with Crippen LogP contribution in [0.1, 0.15) is 34.7 Å². The van der Waals surface area contributed by atoms with Crippen molar-refractivity contribution in [1.29, 1.82) is 5.26 Å². The molecule has 0 unspecified atom stereocenters. The molecular formula is C41H27N3. The third-order valence-corrected chi connectivity index (χ3v) is 9.67. The van der Waals surface area contributed by atoms with E-state index in [0.29, 0.717) is 5.56 Å². The van der Waals surface area contributed by atoms with Gasteiger partial charge in [-0.2, -0.15) is 5.26 Å². The summed E-state index contributed by atoms with van der Waals surface area (Å²) in [5, 5.41) is 9.92. The zero-order valence-corrected chi connectivity index (χ0v) is 24.3. The van der Waals surface area contributed by atoms with E-state index in [2.05, 4.69) is 139 Å². The number of imidazole rings is 1. The molecule has 0 fully saturated rings. The Morgan fingerprint density at radius 1 is 0.591 bits per heavy atom. The molecule has 2 aliphatic carbocycles. The summed E-state index contributed by atoms with van der Waals surface area (Å²) in [6.45, 7) is 3.03. The van der Waals surface area contributed by atoms with Crippen LogP contribution in [0.3, 0.4) is 0 Å². The summed E-state index contributed by atoms with van der Waals surface area (Å²) in [7, 11) is 0. The number of hydrogen-bond donors (Lipinski definition) is 0. The van der Waals surface area contributed by atoms with Gasteiger partial charge < -0.3 is 4.57 Å². The quantitative estimate of drug-likeness (QED) is 0.215. The minimum Gasteiger partial charge on any atom is -0.324 e. The van der Waals surface area contributed by atoms with Crippen molar-refractivity contribution in [2.24, 2.45) is 0 Å². The maximum absolute atomic E-state index is 9.92. The van der Waals surface area contributed by atoms with Crippen molar-refractivity contribution in [3.63, 3.8) is 0 Å². The zero-order valence-electron chi connectivity index (χ0n) is 24.3. The molecule has 7 aromatic rings. The summed E-state index contributed by atoms with van der Waals surface area (Å²) in [5.41, 5.74) is 15.8. The Balaban J connectivity index is 1.24. The second-order valence-electron chi connectivity index (χ2n) is 11.7. The van der Waals surface area contributed by atoms with Gasteiger partial charge in [0.15, 0.2) is 0 Å². The Bertz CT molecular complexity index is 2290. The summed E-state index contributed by atoms with van der Waals surface area (Å²) < 4.78 is 2.28. The van der Waals surface area contributed by atoms with E-state index in [4.69, 9.17) is 4.98 Å². The lowest BCUT2D eigenvalue weighted by atomic mass is 9.70. The van der Waals surface area contributed by atoms with E-state index in [9.17, 15) is 5.26 Å². The van der Waals surface area contributed by atoms with Crippen molar-refractivity contribution in [3.05, 3.63) is 161 Å². The molecular weight excluding hydrogens is 534 g/mol. The Kier molecular flexibility index (Phi) is 5.16. The van der Waals surface area contributed by atoms with Crippen molar-refractivity contribution in [2.45, 2.75) is 18.9 Å².